The molecule has 0 saturated heterocycles. The van der Waals surface area contributed by atoms with E-state index < -0.39 is 0 Å². The third kappa shape index (κ3) is 1.95. The first-order valence-corrected chi connectivity index (χ1v) is 6.32. The fourth-order valence-corrected chi connectivity index (χ4v) is 2.45. The van der Waals surface area contributed by atoms with E-state index in [4.69, 9.17) is 0 Å². The van der Waals surface area contributed by atoms with E-state index in [0.29, 0.717) is 6.54 Å². The zero-order valence-electron chi connectivity index (χ0n) is 10.9. The first-order valence-electron chi connectivity index (χ1n) is 6.32. The molecule has 0 saturated carbocycles. The average Bonchev–Trinajstić information content (AvgIpc) is 2.75. The van der Waals surface area contributed by atoms with E-state index in [-0.39, 0.29) is 5.91 Å². The zero-order valence-corrected chi connectivity index (χ0v) is 10.9. The van der Waals surface area contributed by atoms with Gasteiger partial charge in [0.1, 0.15) is 0 Å². The molecule has 0 aromatic heterocycles. The normalized spacial score (nSPS) is 13.5. The molecule has 0 radical (unpaired) electrons. The number of aryl methyl sites for hydroxylation is 1. The molecule has 1 amide bonds. The molecular formula is C17H15NO. The zero-order chi connectivity index (χ0) is 13.4. The summed E-state index contributed by atoms with van der Waals surface area (Å²) in [4.78, 5) is 14.1. The molecule has 1 aliphatic rings. The van der Waals surface area contributed by atoms with Crippen LogP contribution in [0, 0.1) is 6.92 Å². The van der Waals surface area contributed by atoms with Crippen LogP contribution in [0.25, 0.3) is 5.70 Å². The maximum absolute atomic E-state index is 12.4. The van der Waals surface area contributed by atoms with E-state index in [1.165, 1.54) is 5.56 Å². The molecule has 0 fully saturated rings. The van der Waals surface area contributed by atoms with Gasteiger partial charge in [0, 0.05) is 11.3 Å². The number of fused-ring (bicyclic) bond motifs is 1. The molecule has 0 bridgehead atoms. The van der Waals surface area contributed by atoms with E-state index >= 15 is 0 Å². The van der Waals surface area contributed by atoms with Crippen molar-refractivity contribution in [1.82, 2.24) is 4.90 Å². The number of benzene rings is 2. The molecule has 19 heavy (non-hydrogen) atoms. The van der Waals surface area contributed by atoms with Gasteiger partial charge in [0.25, 0.3) is 5.91 Å². The highest BCUT2D eigenvalue weighted by Crippen LogP contribution is 2.30. The van der Waals surface area contributed by atoms with Crippen LogP contribution in [0.4, 0.5) is 0 Å². The summed E-state index contributed by atoms with van der Waals surface area (Å²) in [5.41, 5.74) is 4.81. The molecule has 2 aromatic rings. The van der Waals surface area contributed by atoms with Crippen molar-refractivity contribution in [3.63, 3.8) is 0 Å². The van der Waals surface area contributed by atoms with E-state index in [1.807, 2.05) is 49.4 Å². The van der Waals surface area contributed by atoms with Crippen LogP contribution in [0.3, 0.4) is 0 Å². The van der Waals surface area contributed by atoms with Gasteiger partial charge in [-0.25, -0.2) is 0 Å². The molecule has 1 heterocycles. The number of hydrogen-bond donors (Lipinski definition) is 0. The summed E-state index contributed by atoms with van der Waals surface area (Å²) in [7, 11) is 0. The molecule has 0 spiro atoms. The van der Waals surface area contributed by atoms with Crippen molar-refractivity contribution in [1.29, 1.82) is 0 Å². The maximum Gasteiger partial charge on any atom is 0.258 e. The Morgan fingerprint density at radius 1 is 1.16 bits per heavy atom. The van der Waals surface area contributed by atoms with Gasteiger partial charge >= 0.3 is 0 Å². The van der Waals surface area contributed by atoms with Crippen LogP contribution in [-0.4, -0.2) is 10.8 Å². The lowest BCUT2D eigenvalue weighted by atomic mass is 10.1. The number of carbonyl (C=O) groups excluding carboxylic acids is 1. The van der Waals surface area contributed by atoms with Crippen molar-refractivity contribution in [2.24, 2.45) is 0 Å². The predicted octanol–water partition coefficient (Wildman–Crippen LogP) is 3.62. The van der Waals surface area contributed by atoms with Crippen molar-refractivity contribution in [2.45, 2.75) is 13.5 Å². The molecule has 0 atom stereocenters. The van der Waals surface area contributed by atoms with Gasteiger partial charge in [0.15, 0.2) is 0 Å². The van der Waals surface area contributed by atoms with E-state index in [0.717, 1.165) is 22.4 Å². The molecule has 0 N–H and O–H groups in total. The van der Waals surface area contributed by atoms with Crippen molar-refractivity contribution < 1.29 is 4.79 Å². The average molecular weight is 249 g/mol. The van der Waals surface area contributed by atoms with Crippen molar-refractivity contribution in [3.8, 4) is 0 Å². The lowest BCUT2D eigenvalue weighted by Gasteiger charge is -2.18. The number of nitrogens with zero attached hydrogens (tertiary/aromatic N) is 1. The minimum atomic E-state index is 0.0452. The Hall–Kier alpha value is -2.35. The smallest absolute Gasteiger partial charge is 0.258 e. The van der Waals surface area contributed by atoms with Gasteiger partial charge in [0.05, 0.1) is 6.54 Å². The Bertz CT molecular complexity index is 658. The molecular weight excluding hydrogens is 234 g/mol. The summed E-state index contributed by atoms with van der Waals surface area (Å²) in [6.07, 6.45) is 0. The second-order valence-corrected chi connectivity index (χ2v) is 4.86. The van der Waals surface area contributed by atoms with Crippen LogP contribution in [0.15, 0.2) is 55.1 Å². The van der Waals surface area contributed by atoms with Gasteiger partial charge in [0.2, 0.25) is 0 Å². The Balaban J connectivity index is 1.94. The van der Waals surface area contributed by atoms with Crippen LogP contribution >= 0.6 is 0 Å². The van der Waals surface area contributed by atoms with Crippen molar-refractivity contribution in [3.05, 3.63) is 77.4 Å². The summed E-state index contributed by atoms with van der Waals surface area (Å²) in [6, 6.07) is 15.8. The Morgan fingerprint density at radius 2 is 1.89 bits per heavy atom. The van der Waals surface area contributed by atoms with Gasteiger partial charge in [-0.2, -0.15) is 0 Å². The van der Waals surface area contributed by atoms with Gasteiger partial charge in [-0.3, -0.25) is 4.79 Å². The summed E-state index contributed by atoms with van der Waals surface area (Å²) in [5, 5.41) is 0. The Morgan fingerprint density at radius 3 is 2.63 bits per heavy atom. The molecule has 2 nitrogen and oxygen atoms in total. The standard InChI is InChI=1S/C17H15NO/c1-12-8-9-16-15(10-12)11-18(17(16)19)13(2)14-6-4-3-5-7-14/h3-10H,2,11H2,1H3. The number of hydrogen-bond acceptors (Lipinski definition) is 1. The summed E-state index contributed by atoms with van der Waals surface area (Å²) in [5.74, 6) is 0.0452. The number of rotatable bonds is 2. The quantitative estimate of drug-likeness (QED) is 0.796. The van der Waals surface area contributed by atoms with Crippen LogP contribution in [-0.2, 0) is 6.54 Å². The van der Waals surface area contributed by atoms with E-state index in [1.54, 1.807) is 4.90 Å². The van der Waals surface area contributed by atoms with Crippen LogP contribution in [0.2, 0.25) is 0 Å². The highest BCUT2D eigenvalue weighted by molar-refractivity contribution is 6.03. The maximum atomic E-state index is 12.4. The fraction of sp³-hybridized carbons (Fsp3) is 0.118. The van der Waals surface area contributed by atoms with Crippen molar-refractivity contribution >= 4 is 11.6 Å². The second kappa shape index (κ2) is 4.39. The van der Waals surface area contributed by atoms with Gasteiger partial charge in [-0.15, -0.1) is 0 Å². The highest BCUT2D eigenvalue weighted by Gasteiger charge is 2.29. The minimum Gasteiger partial charge on any atom is -0.304 e. The van der Waals surface area contributed by atoms with Gasteiger partial charge < -0.3 is 4.90 Å². The highest BCUT2D eigenvalue weighted by atomic mass is 16.2. The lowest BCUT2D eigenvalue weighted by molar-refractivity contribution is 0.0855. The summed E-state index contributed by atoms with van der Waals surface area (Å²) < 4.78 is 0. The molecule has 0 aliphatic carbocycles. The van der Waals surface area contributed by atoms with Gasteiger partial charge in [-0.05, 0) is 24.1 Å². The van der Waals surface area contributed by atoms with E-state index in [2.05, 4.69) is 12.6 Å². The topological polar surface area (TPSA) is 20.3 Å². The monoisotopic (exact) mass is 249 g/mol. The number of amides is 1. The second-order valence-electron chi connectivity index (χ2n) is 4.86. The van der Waals surface area contributed by atoms with Crippen molar-refractivity contribution in [2.75, 3.05) is 0 Å². The first kappa shape index (κ1) is 11.7. The molecule has 2 aromatic carbocycles. The largest absolute Gasteiger partial charge is 0.304 e. The SMILES string of the molecule is C=C(c1ccccc1)N1Cc2cc(C)ccc2C1=O. The molecule has 1 aliphatic heterocycles. The van der Waals surface area contributed by atoms with Gasteiger partial charge in [-0.1, -0.05) is 54.6 Å². The fourth-order valence-electron chi connectivity index (χ4n) is 2.45. The number of carbonyl (C=O) groups is 1. The molecule has 0 unspecified atom stereocenters. The van der Waals surface area contributed by atoms with Crippen LogP contribution in [0.5, 0.6) is 0 Å². The molecule has 2 heteroatoms. The van der Waals surface area contributed by atoms with E-state index in [9.17, 15) is 4.79 Å². The Labute approximate surface area is 113 Å². The predicted molar refractivity (Wildman–Crippen MR) is 76.5 cm³/mol. The molecule has 3 rings (SSSR count). The Kier molecular flexibility index (Phi) is 2.71. The van der Waals surface area contributed by atoms with Crippen LogP contribution < -0.4 is 0 Å². The summed E-state index contributed by atoms with van der Waals surface area (Å²) >= 11 is 0. The molecule has 94 valence electrons. The third-order valence-corrected chi connectivity index (χ3v) is 3.50. The first-order chi connectivity index (χ1) is 9.16. The summed E-state index contributed by atoms with van der Waals surface area (Å²) in [6.45, 7) is 6.72. The van der Waals surface area contributed by atoms with Crippen LogP contribution in [0.1, 0.15) is 27.0 Å². The minimum absolute atomic E-state index is 0.0452. The lowest BCUT2D eigenvalue weighted by Crippen LogP contribution is -2.21. The third-order valence-electron chi connectivity index (χ3n) is 3.50.